The first-order valence-electron chi connectivity index (χ1n) is 6.93. The lowest BCUT2D eigenvalue weighted by atomic mass is 10.3. The van der Waals surface area contributed by atoms with Gasteiger partial charge in [-0.2, -0.15) is 0 Å². The monoisotopic (exact) mass is 348 g/mol. The van der Waals surface area contributed by atoms with Crippen LogP contribution in [0.1, 0.15) is 6.92 Å². The number of nitrogens with zero attached hydrogens (tertiary/aromatic N) is 1. The number of rotatable bonds is 7. The normalized spacial score (nSPS) is 10.9. The molecular weight excluding hydrogens is 332 g/mol. The van der Waals surface area contributed by atoms with E-state index in [1.54, 1.807) is 31.2 Å². The first-order valence-corrected chi connectivity index (χ1v) is 8.41. The molecule has 0 amide bonds. The van der Waals surface area contributed by atoms with Gasteiger partial charge in [-0.15, -0.1) is 0 Å². The number of non-ortho nitro benzene ring substituents is 1. The second kappa shape index (κ2) is 7.14. The molecule has 8 heteroatoms. The molecule has 0 atom stereocenters. The van der Waals surface area contributed by atoms with Crippen LogP contribution < -0.4 is 9.46 Å². The van der Waals surface area contributed by atoms with Crippen molar-refractivity contribution in [3.8, 4) is 5.75 Å². The van der Waals surface area contributed by atoms with E-state index in [0.29, 0.717) is 5.75 Å². The minimum absolute atomic E-state index is 0.0807. The Hall–Kier alpha value is -2.87. The van der Waals surface area contributed by atoms with Gasteiger partial charge >= 0.3 is 0 Å². The summed E-state index contributed by atoms with van der Waals surface area (Å²) in [5, 5.41) is 10.6. The van der Waals surface area contributed by atoms with Crippen molar-refractivity contribution in [2.24, 2.45) is 0 Å². The van der Waals surface area contributed by atoms with E-state index >= 15 is 0 Å². The topological polar surface area (TPSA) is 98.5 Å². The molecule has 0 aliphatic carbocycles. The second-order valence-corrected chi connectivity index (χ2v) is 6.78. The lowest BCUT2D eigenvalue weighted by Gasteiger charge is -2.13. The molecule has 126 valence electrons. The van der Waals surface area contributed by atoms with Crippen LogP contribution in [0.5, 0.6) is 5.75 Å². The number of hydrogen-bond donors (Lipinski definition) is 1. The van der Waals surface area contributed by atoms with Gasteiger partial charge in [0.25, 0.3) is 15.7 Å². The van der Waals surface area contributed by atoms with E-state index in [1.165, 1.54) is 12.1 Å². The Balaban J connectivity index is 2.26. The van der Waals surface area contributed by atoms with Crippen molar-refractivity contribution in [1.29, 1.82) is 0 Å². The molecule has 0 heterocycles. The van der Waals surface area contributed by atoms with Crippen molar-refractivity contribution in [1.82, 2.24) is 0 Å². The molecule has 0 fully saturated rings. The summed E-state index contributed by atoms with van der Waals surface area (Å²) in [6, 6.07) is 11.2. The smallest absolute Gasteiger partial charge is 0.269 e. The summed E-state index contributed by atoms with van der Waals surface area (Å²) >= 11 is 0. The van der Waals surface area contributed by atoms with Crippen molar-refractivity contribution in [3.05, 3.63) is 70.8 Å². The summed E-state index contributed by atoms with van der Waals surface area (Å²) in [5.41, 5.74) is 0.888. The second-order valence-electron chi connectivity index (χ2n) is 5.10. The zero-order valence-corrected chi connectivity index (χ0v) is 13.7. The van der Waals surface area contributed by atoms with Crippen LogP contribution in [-0.4, -0.2) is 19.9 Å². The molecule has 2 aromatic carbocycles. The fourth-order valence-corrected chi connectivity index (χ4v) is 2.90. The van der Waals surface area contributed by atoms with E-state index in [0.717, 1.165) is 17.7 Å². The Morgan fingerprint density at radius 2 is 1.83 bits per heavy atom. The Kier molecular flexibility index (Phi) is 5.20. The first-order chi connectivity index (χ1) is 11.3. The summed E-state index contributed by atoms with van der Waals surface area (Å²) in [6.07, 6.45) is 0. The van der Waals surface area contributed by atoms with Gasteiger partial charge in [0, 0.05) is 12.1 Å². The molecule has 0 saturated carbocycles. The fraction of sp³-hybridized carbons (Fsp3) is 0.125. The number of nitro benzene ring substituents is 1. The Bertz CT molecular complexity index is 860. The Labute approximate surface area is 139 Å². The van der Waals surface area contributed by atoms with Crippen LogP contribution in [0, 0.1) is 10.1 Å². The minimum Gasteiger partial charge on any atom is -0.487 e. The molecule has 2 aromatic rings. The Morgan fingerprint density at radius 3 is 2.42 bits per heavy atom. The van der Waals surface area contributed by atoms with Gasteiger partial charge in [-0.3, -0.25) is 14.8 Å². The molecule has 0 aliphatic heterocycles. The number of hydrogen-bond acceptors (Lipinski definition) is 5. The summed E-state index contributed by atoms with van der Waals surface area (Å²) in [4.78, 5) is 9.97. The molecule has 0 radical (unpaired) electrons. The molecule has 0 unspecified atom stereocenters. The zero-order chi connectivity index (χ0) is 17.7. The predicted octanol–water partition coefficient (Wildman–Crippen LogP) is 3.35. The van der Waals surface area contributed by atoms with Gasteiger partial charge < -0.3 is 4.74 Å². The molecule has 2 rings (SSSR count). The van der Waals surface area contributed by atoms with Crippen LogP contribution in [0.3, 0.4) is 0 Å². The number of sulfonamides is 1. The average molecular weight is 348 g/mol. The van der Waals surface area contributed by atoms with Crippen molar-refractivity contribution in [2.45, 2.75) is 11.8 Å². The van der Waals surface area contributed by atoms with Crippen molar-refractivity contribution in [2.75, 3.05) is 11.3 Å². The number of anilines is 1. The highest BCUT2D eigenvalue weighted by Crippen LogP contribution is 2.27. The van der Waals surface area contributed by atoms with Gasteiger partial charge in [0.15, 0.2) is 0 Å². The number of ether oxygens (including phenoxy) is 1. The number of nitrogens with one attached hydrogen (secondary N) is 1. The van der Waals surface area contributed by atoms with E-state index in [1.807, 2.05) is 0 Å². The molecule has 1 N–H and O–H groups in total. The lowest BCUT2D eigenvalue weighted by molar-refractivity contribution is -0.384. The third-order valence-electron chi connectivity index (χ3n) is 2.96. The standard InChI is InChI=1S/C16H16N2O5S/c1-12(2)11-23-16-6-4-3-5-15(16)17-24(21,22)14-9-7-13(8-10-14)18(19)20/h3-10,17H,1,11H2,2H3. The Morgan fingerprint density at radius 1 is 1.21 bits per heavy atom. The highest BCUT2D eigenvalue weighted by Gasteiger charge is 2.18. The van der Waals surface area contributed by atoms with Crippen LogP contribution in [0.2, 0.25) is 0 Å². The maximum atomic E-state index is 12.4. The van der Waals surface area contributed by atoms with Gasteiger partial charge in [0.2, 0.25) is 0 Å². The number of para-hydroxylation sites is 2. The highest BCUT2D eigenvalue weighted by molar-refractivity contribution is 7.92. The highest BCUT2D eigenvalue weighted by atomic mass is 32.2. The summed E-state index contributed by atoms with van der Waals surface area (Å²) in [5.74, 6) is 0.367. The van der Waals surface area contributed by atoms with E-state index < -0.39 is 14.9 Å². The molecule has 0 spiro atoms. The van der Waals surface area contributed by atoms with Gasteiger partial charge in [-0.25, -0.2) is 8.42 Å². The van der Waals surface area contributed by atoms with Gasteiger partial charge in [0.1, 0.15) is 12.4 Å². The van der Waals surface area contributed by atoms with Crippen LogP contribution >= 0.6 is 0 Å². The van der Waals surface area contributed by atoms with E-state index in [2.05, 4.69) is 11.3 Å². The van der Waals surface area contributed by atoms with Crippen LogP contribution in [0.25, 0.3) is 0 Å². The van der Waals surface area contributed by atoms with Crippen molar-refractivity contribution >= 4 is 21.4 Å². The largest absolute Gasteiger partial charge is 0.487 e. The van der Waals surface area contributed by atoms with E-state index in [4.69, 9.17) is 4.74 Å². The third kappa shape index (κ3) is 4.32. The predicted molar refractivity (Wildman–Crippen MR) is 90.7 cm³/mol. The zero-order valence-electron chi connectivity index (χ0n) is 12.9. The van der Waals surface area contributed by atoms with E-state index in [-0.39, 0.29) is 22.9 Å². The molecular formula is C16H16N2O5S. The summed E-state index contributed by atoms with van der Waals surface area (Å²) < 4.78 is 32.8. The van der Waals surface area contributed by atoms with E-state index in [9.17, 15) is 18.5 Å². The van der Waals surface area contributed by atoms with Crippen LogP contribution in [-0.2, 0) is 10.0 Å². The third-order valence-corrected chi connectivity index (χ3v) is 4.34. The summed E-state index contributed by atoms with van der Waals surface area (Å²) in [7, 11) is -3.89. The van der Waals surface area contributed by atoms with Crippen LogP contribution in [0.15, 0.2) is 65.6 Å². The number of nitro groups is 1. The van der Waals surface area contributed by atoms with Gasteiger partial charge in [0.05, 0.1) is 15.5 Å². The average Bonchev–Trinajstić information content (AvgIpc) is 2.53. The van der Waals surface area contributed by atoms with Gasteiger partial charge in [-0.1, -0.05) is 18.7 Å². The van der Waals surface area contributed by atoms with Crippen molar-refractivity contribution < 1.29 is 18.1 Å². The maximum Gasteiger partial charge on any atom is 0.269 e. The lowest BCUT2D eigenvalue weighted by Crippen LogP contribution is -2.14. The summed E-state index contributed by atoms with van der Waals surface area (Å²) in [6.45, 7) is 5.78. The van der Waals surface area contributed by atoms with Crippen molar-refractivity contribution in [3.63, 3.8) is 0 Å². The molecule has 0 bridgehead atoms. The molecule has 24 heavy (non-hydrogen) atoms. The molecule has 0 aliphatic rings. The molecule has 0 saturated heterocycles. The fourth-order valence-electron chi connectivity index (χ4n) is 1.83. The number of benzene rings is 2. The quantitative estimate of drug-likeness (QED) is 0.470. The molecule has 0 aromatic heterocycles. The molecule has 7 nitrogen and oxygen atoms in total. The SMILES string of the molecule is C=C(C)COc1ccccc1NS(=O)(=O)c1ccc([N+](=O)[O-])cc1. The van der Waals surface area contributed by atoms with Crippen LogP contribution in [0.4, 0.5) is 11.4 Å². The minimum atomic E-state index is -3.89. The maximum absolute atomic E-state index is 12.4. The van der Waals surface area contributed by atoms with Gasteiger partial charge in [-0.05, 0) is 36.8 Å². The first kappa shape index (κ1) is 17.5.